The minimum absolute atomic E-state index is 0.115. The number of piperidine rings is 1. The quantitative estimate of drug-likeness (QED) is 0.861. The molecule has 0 saturated carbocycles. The first-order chi connectivity index (χ1) is 8.94. The molecule has 0 spiro atoms. The third-order valence-corrected chi connectivity index (χ3v) is 4.36. The van der Waals surface area contributed by atoms with Crippen molar-refractivity contribution < 1.29 is 13.6 Å². The van der Waals surface area contributed by atoms with Crippen molar-refractivity contribution in [2.75, 3.05) is 13.1 Å². The maximum atomic E-state index is 13.9. The smallest absolute Gasteiger partial charge is 0.144 e. The van der Waals surface area contributed by atoms with Crippen LogP contribution in [0.2, 0.25) is 0 Å². The molecule has 1 heterocycles. The highest BCUT2D eigenvalue weighted by Crippen LogP contribution is 2.30. The Morgan fingerprint density at radius 2 is 2.21 bits per heavy atom. The molecule has 1 aromatic carbocycles. The highest BCUT2D eigenvalue weighted by atomic mass is 79.9. The number of ketones is 1. The molecule has 1 unspecified atom stereocenters. The van der Waals surface area contributed by atoms with Crippen LogP contribution < -0.4 is 5.32 Å². The molecule has 1 fully saturated rings. The predicted molar refractivity (Wildman–Crippen MR) is 73.0 cm³/mol. The number of nitrogens with one attached hydrogen (secondary N) is 1. The SMILES string of the molecule is CC1(C(=O)Cc2c(F)ccc(Br)c2F)CCCNC1. The lowest BCUT2D eigenvalue weighted by Crippen LogP contribution is -2.44. The third-order valence-electron chi connectivity index (χ3n) is 3.75. The number of hydrogen-bond acceptors (Lipinski definition) is 2. The van der Waals surface area contributed by atoms with Crippen molar-refractivity contribution in [3.63, 3.8) is 0 Å². The van der Waals surface area contributed by atoms with Gasteiger partial charge in [-0.1, -0.05) is 6.92 Å². The molecule has 2 nitrogen and oxygen atoms in total. The molecular weight excluding hydrogens is 316 g/mol. The zero-order chi connectivity index (χ0) is 14.0. The summed E-state index contributed by atoms with van der Waals surface area (Å²) in [7, 11) is 0. The highest BCUT2D eigenvalue weighted by molar-refractivity contribution is 9.10. The first-order valence-electron chi connectivity index (χ1n) is 6.30. The molecule has 5 heteroatoms. The van der Waals surface area contributed by atoms with Gasteiger partial charge in [-0.15, -0.1) is 0 Å². The normalized spacial score (nSPS) is 23.4. The van der Waals surface area contributed by atoms with Crippen LogP contribution in [0.15, 0.2) is 16.6 Å². The number of carbonyl (C=O) groups is 1. The molecule has 1 atom stereocenters. The summed E-state index contributed by atoms with van der Waals surface area (Å²) in [6.45, 7) is 3.32. The Balaban J connectivity index is 2.21. The Labute approximate surface area is 119 Å². The number of benzene rings is 1. The van der Waals surface area contributed by atoms with Crippen molar-refractivity contribution in [3.8, 4) is 0 Å². The van der Waals surface area contributed by atoms with E-state index in [4.69, 9.17) is 0 Å². The molecule has 2 rings (SSSR count). The van der Waals surface area contributed by atoms with Gasteiger partial charge >= 0.3 is 0 Å². The van der Waals surface area contributed by atoms with Crippen molar-refractivity contribution in [2.45, 2.75) is 26.2 Å². The zero-order valence-electron chi connectivity index (χ0n) is 10.7. The van der Waals surface area contributed by atoms with E-state index in [0.717, 1.165) is 19.4 Å². The van der Waals surface area contributed by atoms with Gasteiger partial charge in [0.05, 0.1) is 4.47 Å². The number of Topliss-reactive ketones (excluding diaryl/α,β-unsaturated/α-hetero) is 1. The summed E-state index contributed by atoms with van der Waals surface area (Å²) in [6.07, 6.45) is 1.47. The van der Waals surface area contributed by atoms with E-state index in [1.807, 2.05) is 6.92 Å². The third kappa shape index (κ3) is 3.03. The van der Waals surface area contributed by atoms with Crippen molar-refractivity contribution >= 4 is 21.7 Å². The standard InChI is InChI=1S/C14H16BrF2NO/c1-14(5-2-6-18-8-14)12(19)7-9-11(16)4-3-10(15)13(9)17/h3-4,18H,2,5-8H2,1H3. The van der Waals surface area contributed by atoms with Gasteiger partial charge in [0.1, 0.15) is 17.4 Å². The molecule has 0 aromatic heterocycles. The Bertz CT molecular complexity index is 498. The lowest BCUT2D eigenvalue weighted by atomic mass is 9.77. The van der Waals surface area contributed by atoms with E-state index >= 15 is 0 Å². The molecule has 0 amide bonds. The molecular formula is C14H16BrF2NO. The van der Waals surface area contributed by atoms with Gasteiger partial charge in [0.25, 0.3) is 0 Å². The summed E-state index contributed by atoms with van der Waals surface area (Å²) < 4.78 is 27.7. The second kappa shape index (κ2) is 5.67. The van der Waals surface area contributed by atoms with Gasteiger partial charge in [-0.3, -0.25) is 4.79 Å². The van der Waals surface area contributed by atoms with Gasteiger partial charge in [0.2, 0.25) is 0 Å². The van der Waals surface area contributed by atoms with Crippen LogP contribution in [0.5, 0.6) is 0 Å². The van der Waals surface area contributed by atoms with Gasteiger partial charge in [0, 0.05) is 23.9 Å². The van der Waals surface area contributed by atoms with Gasteiger partial charge in [-0.2, -0.15) is 0 Å². The van der Waals surface area contributed by atoms with E-state index in [9.17, 15) is 13.6 Å². The molecule has 19 heavy (non-hydrogen) atoms. The van der Waals surface area contributed by atoms with Crippen LogP contribution in [-0.2, 0) is 11.2 Å². The Hall–Kier alpha value is -0.810. The van der Waals surface area contributed by atoms with E-state index in [1.54, 1.807) is 0 Å². The summed E-state index contributed by atoms with van der Waals surface area (Å²) in [4.78, 5) is 12.3. The van der Waals surface area contributed by atoms with Crippen LogP contribution in [-0.4, -0.2) is 18.9 Å². The topological polar surface area (TPSA) is 29.1 Å². The monoisotopic (exact) mass is 331 g/mol. The van der Waals surface area contributed by atoms with Crippen LogP contribution in [0.1, 0.15) is 25.3 Å². The highest BCUT2D eigenvalue weighted by Gasteiger charge is 2.35. The van der Waals surface area contributed by atoms with E-state index in [1.165, 1.54) is 12.1 Å². The van der Waals surface area contributed by atoms with Crippen LogP contribution in [0.25, 0.3) is 0 Å². The molecule has 0 aliphatic carbocycles. The lowest BCUT2D eigenvalue weighted by molar-refractivity contribution is -0.128. The zero-order valence-corrected chi connectivity index (χ0v) is 12.3. The number of hydrogen-bond donors (Lipinski definition) is 1. The van der Waals surface area contributed by atoms with Gasteiger partial charge < -0.3 is 5.32 Å². The van der Waals surface area contributed by atoms with Crippen molar-refractivity contribution in [2.24, 2.45) is 5.41 Å². The molecule has 1 saturated heterocycles. The molecule has 104 valence electrons. The summed E-state index contributed by atoms with van der Waals surface area (Å²) in [5.74, 6) is -1.46. The number of carbonyl (C=O) groups excluding carboxylic acids is 1. The second-order valence-electron chi connectivity index (χ2n) is 5.26. The lowest BCUT2D eigenvalue weighted by Gasteiger charge is -2.32. The maximum absolute atomic E-state index is 13.9. The Morgan fingerprint density at radius 1 is 1.47 bits per heavy atom. The fourth-order valence-electron chi connectivity index (χ4n) is 2.40. The van der Waals surface area contributed by atoms with Crippen molar-refractivity contribution in [3.05, 3.63) is 33.8 Å². The molecule has 1 aliphatic rings. The molecule has 0 bridgehead atoms. The van der Waals surface area contributed by atoms with Gasteiger partial charge in [-0.05, 0) is 47.4 Å². The Morgan fingerprint density at radius 3 is 2.84 bits per heavy atom. The van der Waals surface area contributed by atoms with Crippen LogP contribution >= 0.6 is 15.9 Å². The number of halogens is 3. The molecule has 0 radical (unpaired) electrons. The van der Waals surface area contributed by atoms with E-state index in [0.29, 0.717) is 6.54 Å². The summed E-state index contributed by atoms with van der Waals surface area (Å²) in [5, 5.41) is 3.17. The largest absolute Gasteiger partial charge is 0.316 e. The minimum Gasteiger partial charge on any atom is -0.316 e. The van der Waals surface area contributed by atoms with Crippen LogP contribution in [0.3, 0.4) is 0 Å². The maximum Gasteiger partial charge on any atom is 0.144 e. The van der Waals surface area contributed by atoms with Crippen molar-refractivity contribution in [1.29, 1.82) is 0 Å². The van der Waals surface area contributed by atoms with Gasteiger partial charge in [-0.25, -0.2) is 8.78 Å². The van der Waals surface area contributed by atoms with E-state index in [-0.39, 0.29) is 22.2 Å². The summed E-state index contributed by atoms with van der Waals surface area (Å²) in [5.41, 5.74) is -0.675. The van der Waals surface area contributed by atoms with Crippen LogP contribution in [0, 0.1) is 17.0 Å². The van der Waals surface area contributed by atoms with Crippen LogP contribution in [0.4, 0.5) is 8.78 Å². The molecule has 1 aromatic rings. The number of rotatable bonds is 3. The Kier molecular flexibility index (Phi) is 4.36. The average Bonchev–Trinajstić information content (AvgIpc) is 2.40. The first kappa shape index (κ1) is 14.6. The molecule has 1 aliphatic heterocycles. The fraction of sp³-hybridized carbons (Fsp3) is 0.500. The van der Waals surface area contributed by atoms with E-state index < -0.39 is 17.0 Å². The average molecular weight is 332 g/mol. The minimum atomic E-state index is -0.680. The van der Waals surface area contributed by atoms with E-state index in [2.05, 4.69) is 21.2 Å². The predicted octanol–water partition coefficient (Wildman–Crippen LogP) is 3.23. The second-order valence-corrected chi connectivity index (χ2v) is 6.12. The van der Waals surface area contributed by atoms with Gasteiger partial charge in [0.15, 0.2) is 0 Å². The van der Waals surface area contributed by atoms with Crippen molar-refractivity contribution in [1.82, 2.24) is 5.32 Å². The summed E-state index contributed by atoms with van der Waals surface area (Å²) >= 11 is 3.01. The molecule has 1 N–H and O–H groups in total. The fourth-order valence-corrected chi connectivity index (χ4v) is 2.77. The summed E-state index contributed by atoms with van der Waals surface area (Å²) in [6, 6.07) is 2.49. The first-order valence-corrected chi connectivity index (χ1v) is 7.10.